The molecule has 0 saturated carbocycles. The molecule has 0 radical (unpaired) electrons. The predicted molar refractivity (Wildman–Crippen MR) is 92.0 cm³/mol. The van der Waals surface area contributed by atoms with Crippen LogP contribution in [0, 0.1) is 0 Å². The van der Waals surface area contributed by atoms with Crippen LogP contribution in [0.2, 0.25) is 0 Å². The van der Waals surface area contributed by atoms with E-state index in [0.29, 0.717) is 5.92 Å². The van der Waals surface area contributed by atoms with Crippen molar-refractivity contribution in [3.8, 4) is 0 Å². The van der Waals surface area contributed by atoms with Crippen molar-refractivity contribution in [1.29, 1.82) is 0 Å². The molecule has 0 spiro atoms. The average Bonchev–Trinajstić information content (AvgIpc) is 2.94. The van der Waals surface area contributed by atoms with Gasteiger partial charge in [-0.15, -0.1) is 6.58 Å². The van der Waals surface area contributed by atoms with Crippen molar-refractivity contribution < 1.29 is 5.95 Å². The molecular weight excluding hydrogens is 262 g/mol. The Morgan fingerprint density at radius 1 is 1.38 bits per heavy atom. The van der Waals surface area contributed by atoms with Gasteiger partial charge in [-0.05, 0) is 25.8 Å². The Morgan fingerprint density at radius 2 is 2.19 bits per heavy atom. The van der Waals surface area contributed by atoms with Gasteiger partial charge in [0.2, 0.25) is 5.88 Å². The molecule has 1 rings (SSSR count). The lowest BCUT2D eigenvalue weighted by molar-refractivity contribution is 0.289. The van der Waals surface area contributed by atoms with E-state index in [9.17, 15) is 0 Å². The summed E-state index contributed by atoms with van der Waals surface area (Å²) in [4.78, 5) is 2.45. The summed E-state index contributed by atoms with van der Waals surface area (Å²) in [7, 11) is 0. The molecule has 1 unspecified atom stereocenters. The lowest BCUT2D eigenvalue weighted by Crippen LogP contribution is -2.30. The van der Waals surface area contributed by atoms with E-state index in [-0.39, 0.29) is 1.43 Å². The molecule has 4 heteroatoms. The van der Waals surface area contributed by atoms with Gasteiger partial charge in [-0.25, -0.2) is 0 Å². The van der Waals surface area contributed by atoms with Gasteiger partial charge in [-0.3, -0.25) is 0 Å². The van der Waals surface area contributed by atoms with Gasteiger partial charge in [0.1, 0.15) is 0 Å². The maximum Gasteiger partial charge on any atom is 0.224 e. The monoisotopic (exact) mass is 295 g/mol. The van der Waals surface area contributed by atoms with E-state index in [1.54, 1.807) is 0 Å². The van der Waals surface area contributed by atoms with Crippen LogP contribution in [-0.2, 0) is 0 Å². The maximum atomic E-state index is 5.36. The highest BCUT2D eigenvalue weighted by Crippen LogP contribution is 2.22. The second kappa shape index (κ2) is 10.4. The summed E-state index contributed by atoms with van der Waals surface area (Å²) in [5, 5.41) is 7.48. The van der Waals surface area contributed by atoms with Crippen molar-refractivity contribution in [3.05, 3.63) is 24.4 Å². The molecule has 122 valence electrons. The molecule has 0 aliphatic carbocycles. The Kier molecular flexibility index (Phi) is 8.83. The molecular formula is C17H33N3O. The molecule has 0 saturated heterocycles. The van der Waals surface area contributed by atoms with Gasteiger partial charge in [-0.2, -0.15) is 0 Å². The Bertz CT molecular complexity index is 395. The predicted octanol–water partition coefficient (Wildman–Crippen LogP) is 4.52. The van der Waals surface area contributed by atoms with E-state index in [2.05, 4.69) is 42.7 Å². The number of rotatable bonds is 12. The number of nitrogens with one attached hydrogen (secondary N) is 1. The second-order valence-electron chi connectivity index (χ2n) is 5.65. The number of nitrogens with zero attached hydrogens (tertiary/aromatic N) is 2. The quantitative estimate of drug-likeness (QED) is 0.575. The number of hydrogen-bond acceptors (Lipinski definition) is 4. The van der Waals surface area contributed by atoms with Crippen molar-refractivity contribution in [3.63, 3.8) is 0 Å². The van der Waals surface area contributed by atoms with Crippen LogP contribution >= 0.6 is 0 Å². The van der Waals surface area contributed by atoms with Gasteiger partial charge in [0.25, 0.3) is 0 Å². The summed E-state index contributed by atoms with van der Waals surface area (Å²) in [6.45, 7) is 14.5. The standard InChI is InChI=1S/C17H31N3O.H2/c1-5-8-12-20(11-7-3)13-10-18-17-14-16(19-21-17)15(4)9-6-2;/h5,14-15,18H,1,6-13H2,2-4H3;1H. The van der Waals surface area contributed by atoms with Crippen molar-refractivity contribution in [1.82, 2.24) is 10.1 Å². The molecule has 0 aliphatic rings. The first-order valence-electron chi connectivity index (χ1n) is 8.24. The maximum absolute atomic E-state index is 5.36. The van der Waals surface area contributed by atoms with Crippen LogP contribution in [0.4, 0.5) is 5.88 Å². The van der Waals surface area contributed by atoms with Crippen LogP contribution in [0.3, 0.4) is 0 Å². The lowest BCUT2D eigenvalue weighted by atomic mass is 10.0. The third kappa shape index (κ3) is 6.80. The molecule has 1 aromatic rings. The summed E-state index contributed by atoms with van der Waals surface area (Å²) in [6, 6.07) is 2.04. The Hall–Kier alpha value is -1.29. The van der Waals surface area contributed by atoms with Gasteiger partial charge < -0.3 is 14.7 Å². The van der Waals surface area contributed by atoms with Gasteiger partial charge in [0.15, 0.2) is 0 Å². The van der Waals surface area contributed by atoms with Crippen LogP contribution < -0.4 is 5.32 Å². The highest BCUT2D eigenvalue weighted by atomic mass is 16.5. The highest BCUT2D eigenvalue weighted by Gasteiger charge is 2.11. The summed E-state index contributed by atoms with van der Waals surface area (Å²) in [5.74, 6) is 1.26. The molecule has 21 heavy (non-hydrogen) atoms. The molecule has 1 atom stereocenters. The van der Waals surface area contributed by atoms with E-state index in [0.717, 1.165) is 50.6 Å². The second-order valence-corrected chi connectivity index (χ2v) is 5.65. The Balaban J connectivity index is 0.00000441. The zero-order valence-corrected chi connectivity index (χ0v) is 13.9. The fourth-order valence-electron chi connectivity index (χ4n) is 2.45. The zero-order valence-electron chi connectivity index (χ0n) is 13.9. The number of hydrogen-bond donors (Lipinski definition) is 1. The van der Waals surface area contributed by atoms with Crippen molar-refractivity contribution in [2.45, 2.75) is 52.4 Å². The van der Waals surface area contributed by atoms with Crippen molar-refractivity contribution in [2.75, 3.05) is 31.5 Å². The number of aromatic nitrogens is 1. The smallest absolute Gasteiger partial charge is 0.224 e. The Labute approximate surface area is 131 Å². The molecule has 1 heterocycles. The third-order valence-corrected chi connectivity index (χ3v) is 3.67. The molecule has 1 aromatic heterocycles. The van der Waals surface area contributed by atoms with Crippen LogP contribution in [0.5, 0.6) is 0 Å². The molecule has 0 bridgehead atoms. The fraction of sp³-hybridized carbons (Fsp3) is 0.706. The van der Waals surface area contributed by atoms with Gasteiger partial charge in [0, 0.05) is 33.0 Å². The zero-order chi connectivity index (χ0) is 15.5. The van der Waals surface area contributed by atoms with Gasteiger partial charge in [-0.1, -0.05) is 38.4 Å². The summed E-state index contributed by atoms with van der Waals surface area (Å²) in [6.07, 6.45) is 6.52. The number of anilines is 1. The summed E-state index contributed by atoms with van der Waals surface area (Å²) >= 11 is 0. The lowest BCUT2D eigenvalue weighted by Gasteiger charge is -2.20. The van der Waals surface area contributed by atoms with Crippen LogP contribution in [0.1, 0.15) is 59.5 Å². The molecule has 0 aromatic carbocycles. The van der Waals surface area contributed by atoms with Crippen LogP contribution in [0.15, 0.2) is 23.2 Å². The highest BCUT2D eigenvalue weighted by molar-refractivity contribution is 5.32. The van der Waals surface area contributed by atoms with Crippen molar-refractivity contribution in [2.24, 2.45) is 0 Å². The summed E-state index contributed by atoms with van der Waals surface area (Å²) in [5.41, 5.74) is 1.05. The van der Waals surface area contributed by atoms with Gasteiger partial charge in [0.05, 0.1) is 5.69 Å². The first-order valence-corrected chi connectivity index (χ1v) is 8.24. The Morgan fingerprint density at radius 3 is 2.86 bits per heavy atom. The topological polar surface area (TPSA) is 41.3 Å². The largest absolute Gasteiger partial charge is 0.353 e. The van der Waals surface area contributed by atoms with Crippen molar-refractivity contribution >= 4 is 5.88 Å². The van der Waals surface area contributed by atoms with E-state index >= 15 is 0 Å². The van der Waals surface area contributed by atoms with E-state index in [1.165, 1.54) is 12.8 Å². The molecule has 0 fully saturated rings. The minimum atomic E-state index is 0. The minimum Gasteiger partial charge on any atom is -0.353 e. The van der Waals surface area contributed by atoms with Crippen LogP contribution in [-0.4, -0.2) is 36.2 Å². The molecule has 1 N–H and O–H groups in total. The first kappa shape index (κ1) is 17.8. The first-order chi connectivity index (χ1) is 10.2. The summed E-state index contributed by atoms with van der Waals surface area (Å²) < 4.78 is 5.36. The van der Waals surface area contributed by atoms with E-state index in [1.807, 2.05) is 12.1 Å². The minimum absolute atomic E-state index is 0. The van der Waals surface area contributed by atoms with E-state index < -0.39 is 0 Å². The normalized spacial score (nSPS) is 12.6. The van der Waals surface area contributed by atoms with Crippen LogP contribution in [0.25, 0.3) is 0 Å². The molecule has 0 amide bonds. The van der Waals surface area contributed by atoms with Gasteiger partial charge >= 0.3 is 0 Å². The molecule has 0 aliphatic heterocycles. The average molecular weight is 295 g/mol. The molecule has 4 nitrogen and oxygen atoms in total. The fourth-order valence-corrected chi connectivity index (χ4v) is 2.45. The SMILES string of the molecule is C=CCCN(CCC)CCNc1cc(C(C)CCC)no1.[HH]. The van der Waals surface area contributed by atoms with E-state index in [4.69, 9.17) is 4.52 Å². The third-order valence-electron chi connectivity index (χ3n) is 3.67.